The van der Waals surface area contributed by atoms with Gasteiger partial charge in [-0.15, -0.1) is 0 Å². The summed E-state index contributed by atoms with van der Waals surface area (Å²) in [7, 11) is 1.69. The summed E-state index contributed by atoms with van der Waals surface area (Å²) in [5.41, 5.74) is 2.27. The lowest BCUT2D eigenvalue weighted by Crippen LogP contribution is -2.32. The number of ether oxygens (including phenoxy) is 1. The number of amides is 1. The summed E-state index contributed by atoms with van der Waals surface area (Å²) in [6, 6.07) is 8.07. The van der Waals surface area contributed by atoms with Gasteiger partial charge in [-0.1, -0.05) is 24.3 Å². The molecule has 0 aliphatic carbocycles. The molecule has 110 valence electrons. The first-order valence-corrected chi connectivity index (χ1v) is 7.32. The quantitative estimate of drug-likeness (QED) is 0.833. The van der Waals surface area contributed by atoms with Crippen LogP contribution in [0.4, 0.5) is 0 Å². The van der Waals surface area contributed by atoms with Crippen LogP contribution in [0.25, 0.3) is 0 Å². The molecule has 20 heavy (non-hydrogen) atoms. The predicted octanol–water partition coefficient (Wildman–Crippen LogP) is 1.84. The van der Waals surface area contributed by atoms with Gasteiger partial charge in [-0.25, -0.2) is 0 Å². The van der Waals surface area contributed by atoms with Crippen LogP contribution in [0.3, 0.4) is 0 Å². The molecule has 2 N–H and O–H groups in total. The summed E-state index contributed by atoms with van der Waals surface area (Å²) >= 11 is 0. The second-order valence-corrected chi connectivity index (χ2v) is 5.38. The van der Waals surface area contributed by atoms with E-state index < -0.39 is 0 Å². The molecule has 0 unspecified atom stereocenters. The summed E-state index contributed by atoms with van der Waals surface area (Å²) in [6.45, 7) is 3.24. The first kappa shape index (κ1) is 15.0. The molecule has 0 bridgehead atoms. The van der Waals surface area contributed by atoms with Crippen LogP contribution in [0, 0.1) is 5.92 Å². The van der Waals surface area contributed by atoms with Gasteiger partial charge in [-0.2, -0.15) is 0 Å². The second kappa shape index (κ2) is 8.02. The van der Waals surface area contributed by atoms with Crippen molar-refractivity contribution in [3.63, 3.8) is 0 Å². The van der Waals surface area contributed by atoms with Gasteiger partial charge in [0, 0.05) is 20.1 Å². The average Bonchev–Trinajstić information content (AvgIpc) is 2.48. The minimum absolute atomic E-state index is 0.157. The van der Waals surface area contributed by atoms with Gasteiger partial charge >= 0.3 is 0 Å². The van der Waals surface area contributed by atoms with Crippen molar-refractivity contribution in [3.8, 4) is 0 Å². The number of carbonyl (C=O) groups is 1. The molecule has 0 atom stereocenters. The van der Waals surface area contributed by atoms with E-state index in [2.05, 4.69) is 10.6 Å². The van der Waals surface area contributed by atoms with Crippen molar-refractivity contribution in [2.24, 2.45) is 5.92 Å². The Balaban J connectivity index is 1.80. The van der Waals surface area contributed by atoms with Crippen LogP contribution >= 0.6 is 0 Å². The minimum Gasteiger partial charge on any atom is -0.380 e. The average molecular weight is 276 g/mol. The lowest BCUT2D eigenvalue weighted by atomic mass is 9.94. The van der Waals surface area contributed by atoms with Crippen molar-refractivity contribution >= 4 is 5.91 Å². The van der Waals surface area contributed by atoms with E-state index in [-0.39, 0.29) is 5.91 Å². The van der Waals surface area contributed by atoms with E-state index in [0.29, 0.717) is 25.5 Å². The Labute approximate surface area is 120 Å². The first-order valence-electron chi connectivity index (χ1n) is 7.32. The molecule has 1 aliphatic heterocycles. The number of nitrogens with one attached hydrogen (secondary N) is 2. The summed E-state index contributed by atoms with van der Waals surface area (Å²) in [5.74, 6) is 0.689. The van der Waals surface area contributed by atoms with Crippen molar-refractivity contribution in [2.45, 2.75) is 32.4 Å². The Bertz CT molecular complexity index is 428. The molecule has 0 radical (unpaired) electrons. The molecule has 1 aromatic rings. The topological polar surface area (TPSA) is 50.4 Å². The van der Waals surface area contributed by atoms with Crippen LogP contribution in [0.1, 0.15) is 30.4 Å². The lowest BCUT2D eigenvalue weighted by Gasteiger charge is -2.22. The maximum Gasteiger partial charge on any atom is 0.220 e. The highest BCUT2D eigenvalue weighted by atomic mass is 16.5. The van der Waals surface area contributed by atoms with E-state index in [9.17, 15) is 4.79 Å². The number of piperidine rings is 1. The summed E-state index contributed by atoms with van der Waals surface area (Å²) in [6.07, 6.45) is 2.86. The smallest absolute Gasteiger partial charge is 0.220 e. The number of hydrogen-bond donors (Lipinski definition) is 2. The first-order chi connectivity index (χ1) is 9.79. The minimum atomic E-state index is 0.157. The van der Waals surface area contributed by atoms with Crippen LogP contribution in [-0.2, 0) is 22.7 Å². The second-order valence-electron chi connectivity index (χ2n) is 5.38. The fraction of sp³-hybridized carbons (Fsp3) is 0.562. The van der Waals surface area contributed by atoms with Crippen LogP contribution in [0.5, 0.6) is 0 Å². The fourth-order valence-electron chi connectivity index (χ4n) is 2.64. The molecular weight excluding hydrogens is 252 g/mol. The molecule has 4 heteroatoms. The summed E-state index contributed by atoms with van der Waals surface area (Å²) in [5, 5.41) is 6.35. The molecule has 0 saturated carbocycles. The maximum atomic E-state index is 12.0. The number of hydrogen-bond acceptors (Lipinski definition) is 3. The third-order valence-electron chi connectivity index (χ3n) is 3.83. The van der Waals surface area contributed by atoms with Gasteiger partial charge in [0.2, 0.25) is 5.91 Å². The van der Waals surface area contributed by atoms with Gasteiger partial charge in [-0.3, -0.25) is 4.79 Å². The third kappa shape index (κ3) is 4.62. The molecule has 1 heterocycles. The summed E-state index contributed by atoms with van der Waals surface area (Å²) < 4.78 is 5.18. The van der Waals surface area contributed by atoms with E-state index in [1.54, 1.807) is 7.11 Å². The number of benzene rings is 1. The molecule has 1 amide bonds. The van der Waals surface area contributed by atoms with E-state index in [1.807, 2.05) is 24.3 Å². The van der Waals surface area contributed by atoms with E-state index in [4.69, 9.17) is 4.74 Å². The fourth-order valence-corrected chi connectivity index (χ4v) is 2.64. The molecule has 1 saturated heterocycles. The van der Waals surface area contributed by atoms with Crippen molar-refractivity contribution in [2.75, 3.05) is 20.2 Å². The van der Waals surface area contributed by atoms with Crippen molar-refractivity contribution < 1.29 is 9.53 Å². The van der Waals surface area contributed by atoms with Crippen molar-refractivity contribution in [3.05, 3.63) is 35.4 Å². The van der Waals surface area contributed by atoms with E-state index in [1.165, 1.54) is 0 Å². The molecule has 4 nitrogen and oxygen atoms in total. The Morgan fingerprint density at radius 1 is 1.30 bits per heavy atom. The molecule has 2 rings (SSSR count). The Hall–Kier alpha value is -1.39. The zero-order valence-corrected chi connectivity index (χ0v) is 12.2. The highest BCUT2D eigenvalue weighted by Gasteiger charge is 2.16. The number of carbonyl (C=O) groups excluding carboxylic acids is 1. The van der Waals surface area contributed by atoms with Gasteiger partial charge in [0.1, 0.15) is 0 Å². The molecule has 1 fully saturated rings. The molecule has 1 aliphatic rings. The van der Waals surface area contributed by atoms with Crippen LogP contribution in [0.15, 0.2) is 24.3 Å². The third-order valence-corrected chi connectivity index (χ3v) is 3.83. The predicted molar refractivity (Wildman–Crippen MR) is 79.2 cm³/mol. The Kier molecular flexibility index (Phi) is 6.02. The molecular formula is C16H24N2O2. The van der Waals surface area contributed by atoms with Crippen molar-refractivity contribution in [1.29, 1.82) is 0 Å². The van der Waals surface area contributed by atoms with Crippen LogP contribution < -0.4 is 10.6 Å². The van der Waals surface area contributed by atoms with Crippen LogP contribution in [0.2, 0.25) is 0 Å². The number of methoxy groups -OCH3 is 1. The Morgan fingerprint density at radius 3 is 2.70 bits per heavy atom. The number of rotatable bonds is 6. The van der Waals surface area contributed by atoms with Gasteiger partial charge in [0.05, 0.1) is 6.61 Å². The molecule has 1 aromatic carbocycles. The summed E-state index contributed by atoms with van der Waals surface area (Å²) in [4.78, 5) is 12.0. The van der Waals surface area contributed by atoms with E-state index >= 15 is 0 Å². The highest BCUT2D eigenvalue weighted by Crippen LogP contribution is 2.16. The van der Waals surface area contributed by atoms with Gasteiger partial charge < -0.3 is 15.4 Å². The zero-order valence-electron chi connectivity index (χ0n) is 12.2. The zero-order chi connectivity index (χ0) is 14.2. The van der Waals surface area contributed by atoms with Crippen LogP contribution in [-0.4, -0.2) is 26.1 Å². The maximum absolute atomic E-state index is 12.0. The highest BCUT2D eigenvalue weighted by molar-refractivity contribution is 5.76. The van der Waals surface area contributed by atoms with Gasteiger partial charge in [0.25, 0.3) is 0 Å². The molecule has 0 spiro atoms. The monoisotopic (exact) mass is 276 g/mol. The van der Waals surface area contributed by atoms with Gasteiger partial charge in [0.15, 0.2) is 0 Å². The normalized spacial score (nSPS) is 16.1. The lowest BCUT2D eigenvalue weighted by molar-refractivity contribution is -0.122. The largest absolute Gasteiger partial charge is 0.380 e. The Morgan fingerprint density at radius 2 is 2.00 bits per heavy atom. The molecule has 0 aromatic heterocycles. The standard InChI is InChI=1S/C16H24N2O2/c1-20-12-15-5-3-2-4-14(15)11-18-16(19)10-13-6-8-17-9-7-13/h2-5,13,17H,6-12H2,1H3,(H,18,19). The SMILES string of the molecule is COCc1ccccc1CNC(=O)CC1CCNCC1. The van der Waals surface area contributed by atoms with E-state index in [0.717, 1.165) is 37.1 Å². The van der Waals surface area contributed by atoms with Crippen molar-refractivity contribution in [1.82, 2.24) is 10.6 Å². The van der Waals surface area contributed by atoms with Gasteiger partial charge in [-0.05, 0) is 43.0 Å².